The fourth-order valence-electron chi connectivity index (χ4n) is 10.0. The SMILES string of the molecule is CC/C=C\C/C=C\C/C=C\C/C=C\CCCCCCCCCCCCCCCCCCCCCCCCC(=O)OCC(COC(=O)CCCCCCC/C=C\C/C=C\CCCCC)OC(=O)CCCCCCC/C=C\C/C=C\C/C=C\CC. The molecular formula is C77H132O6. The lowest BCUT2D eigenvalue weighted by atomic mass is 10.0. The van der Waals surface area contributed by atoms with E-state index in [1.807, 2.05) is 0 Å². The zero-order valence-corrected chi connectivity index (χ0v) is 54.7. The second-order valence-corrected chi connectivity index (χ2v) is 23.4. The summed E-state index contributed by atoms with van der Waals surface area (Å²) in [5, 5.41) is 0. The quantitative estimate of drug-likeness (QED) is 0.0261. The Kier molecular flexibility index (Phi) is 67.2. The molecule has 0 amide bonds. The normalized spacial score (nSPS) is 12.8. The number of hydrogen-bond acceptors (Lipinski definition) is 6. The number of carbonyl (C=O) groups is 3. The summed E-state index contributed by atoms with van der Waals surface area (Å²) in [5.74, 6) is -0.905. The lowest BCUT2D eigenvalue weighted by Crippen LogP contribution is -2.30. The second-order valence-electron chi connectivity index (χ2n) is 23.4. The molecule has 0 rings (SSSR count). The maximum absolute atomic E-state index is 12.9. The van der Waals surface area contributed by atoms with Gasteiger partial charge in [0, 0.05) is 19.3 Å². The van der Waals surface area contributed by atoms with E-state index in [-0.39, 0.29) is 31.1 Å². The number of esters is 3. The molecule has 0 aliphatic carbocycles. The lowest BCUT2D eigenvalue weighted by Gasteiger charge is -2.18. The van der Waals surface area contributed by atoms with Crippen LogP contribution in [0.2, 0.25) is 0 Å². The summed E-state index contributed by atoms with van der Waals surface area (Å²) in [4.78, 5) is 38.4. The van der Waals surface area contributed by atoms with E-state index in [4.69, 9.17) is 14.2 Å². The number of carbonyl (C=O) groups excluding carboxylic acids is 3. The monoisotopic (exact) mass is 1150 g/mol. The van der Waals surface area contributed by atoms with E-state index in [2.05, 4.69) is 130 Å². The summed E-state index contributed by atoms with van der Waals surface area (Å²) in [6.07, 6.45) is 97.1. The molecule has 83 heavy (non-hydrogen) atoms. The minimum atomic E-state index is -0.793. The van der Waals surface area contributed by atoms with Crippen LogP contribution >= 0.6 is 0 Å². The van der Waals surface area contributed by atoms with Crippen molar-refractivity contribution in [2.75, 3.05) is 13.2 Å². The van der Waals surface area contributed by atoms with Crippen LogP contribution in [0.1, 0.15) is 342 Å². The molecule has 0 saturated carbocycles. The van der Waals surface area contributed by atoms with Gasteiger partial charge in [-0.15, -0.1) is 0 Å². The Morgan fingerprint density at radius 1 is 0.253 bits per heavy atom. The largest absolute Gasteiger partial charge is 0.462 e. The van der Waals surface area contributed by atoms with Crippen molar-refractivity contribution in [3.8, 4) is 0 Å². The van der Waals surface area contributed by atoms with Crippen LogP contribution in [0.25, 0.3) is 0 Å². The first-order valence-electron chi connectivity index (χ1n) is 35.4. The van der Waals surface area contributed by atoms with Gasteiger partial charge in [0.25, 0.3) is 0 Å². The molecule has 0 aromatic rings. The number of unbranched alkanes of at least 4 members (excludes halogenated alkanes) is 35. The van der Waals surface area contributed by atoms with Crippen LogP contribution in [0.3, 0.4) is 0 Å². The van der Waals surface area contributed by atoms with Gasteiger partial charge in [-0.25, -0.2) is 0 Å². The van der Waals surface area contributed by atoms with E-state index in [0.717, 1.165) is 148 Å². The first kappa shape index (κ1) is 79.1. The Morgan fingerprint density at radius 3 is 0.735 bits per heavy atom. The Balaban J connectivity index is 4.14. The molecule has 0 aliphatic heterocycles. The third-order valence-electron chi connectivity index (χ3n) is 15.2. The van der Waals surface area contributed by atoms with Gasteiger partial charge >= 0.3 is 17.9 Å². The summed E-state index contributed by atoms with van der Waals surface area (Å²) >= 11 is 0. The summed E-state index contributed by atoms with van der Waals surface area (Å²) in [6.45, 7) is 6.39. The summed E-state index contributed by atoms with van der Waals surface area (Å²) < 4.78 is 16.9. The van der Waals surface area contributed by atoms with Gasteiger partial charge in [-0.3, -0.25) is 14.4 Å². The molecule has 0 bridgehead atoms. The van der Waals surface area contributed by atoms with Gasteiger partial charge in [-0.1, -0.05) is 310 Å². The molecule has 0 heterocycles. The van der Waals surface area contributed by atoms with Crippen molar-refractivity contribution in [1.82, 2.24) is 0 Å². The molecule has 1 atom stereocenters. The lowest BCUT2D eigenvalue weighted by molar-refractivity contribution is -0.167. The highest BCUT2D eigenvalue weighted by Crippen LogP contribution is 2.17. The predicted molar refractivity (Wildman–Crippen MR) is 362 cm³/mol. The van der Waals surface area contributed by atoms with Crippen LogP contribution in [0.5, 0.6) is 0 Å². The molecule has 0 fully saturated rings. The van der Waals surface area contributed by atoms with E-state index in [0.29, 0.717) is 19.3 Å². The van der Waals surface area contributed by atoms with Crippen molar-refractivity contribution in [3.63, 3.8) is 0 Å². The van der Waals surface area contributed by atoms with Gasteiger partial charge in [0.15, 0.2) is 6.10 Å². The molecule has 0 radical (unpaired) electrons. The van der Waals surface area contributed by atoms with E-state index in [1.54, 1.807) is 0 Å². The van der Waals surface area contributed by atoms with Gasteiger partial charge in [0.05, 0.1) is 0 Å². The molecular weight excluding hydrogens is 1020 g/mol. The smallest absolute Gasteiger partial charge is 0.306 e. The summed E-state index contributed by atoms with van der Waals surface area (Å²) in [5.41, 5.74) is 0. The summed E-state index contributed by atoms with van der Waals surface area (Å²) in [7, 11) is 0. The van der Waals surface area contributed by atoms with Crippen LogP contribution in [0.4, 0.5) is 0 Å². The molecule has 0 N–H and O–H groups in total. The molecule has 0 aliphatic rings. The number of allylic oxidation sites excluding steroid dienone is 18. The van der Waals surface area contributed by atoms with Gasteiger partial charge in [-0.2, -0.15) is 0 Å². The molecule has 6 nitrogen and oxygen atoms in total. The third-order valence-corrected chi connectivity index (χ3v) is 15.2. The third kappa shape index (κ3) is 68.7. The molecule has 0 aromatic heterocycles. The topological polar surface area (TPSA) is 78.9 Å². The Bertz CT molecular complexity index is 1660. The fourth-order valence-corrected chi connectivity index (χ4v) is 10.0. The van der Waals surface area contributed by atoms with Crippen molar-refractivity contribution < 1.29 is 28.6 Å². The van der Waals surface area contributed by atoms with Crippen LogP contribution in [-0.4, -0.2) is 37.2 Å². The number of hydrogen-bond donors (Lipinski definition) is 0. The highest BCUT2D eigenvalue weighted by Gasteiger charge is 2.19. The number of rotatable bonds is 64. The van der Waals surface area contributed by atoms with E-state index in [1.165, 1.54) is 154 Å². The fraction of sp³-hybridized carbons (Fsp3) is 0.727. The first-order valence-corrected chi connectivity index (χ1v) is 35.4. The molecule has 0 aromatic carbocycles. The average Bonchev–Trinajstić information content (AvgIpc) is 3.49. The Hall–Kier alpha value is -3.93. The summed E-state index contributed by atoms with van der Waals surface area (Å²) in [6, 6.07) is 0. The van der Waals surface area contributed by atoms with Gasteiger partial charge in [0.1, 0.15) is 13.2 Å². The Labute approximate surface area is 514 Å². The van der Waals surface area contributed by atoms with Crippen molar-refractivity contribution in [2.45, 2.75) is 348 Å². The average molecular weight is 1150 g/mol. The van der Waals surface area contributed by atoms with Gasteiger partial charge in [0.2, 0.25) is 0 Å². The van der Waals surface area contributed by atoms with E-state index in [9.17, 15) is 14.4 Å². The molecule has 0 saturated heterocycles. The van der Waals surface area contributed by atoms with Gasteiger partial charge < -0.3 is 14.2 Å². The standard InChI is InChI=1S/C77H132O6/c1-4-7-10-13-16-19-22-25-28-29-30-31-32-33-34-35-36-37-38-39-40-41-42-43-44-45-46-47-50-52-55-58-61-64-67-70-76(79)82-73-74(83-77(80)71-68-65-62-59-56-53-49-27-24-21-18-15-12-9-6-3)72-81-75(78)69-66-63-60-57-54-51-48-26-23-20-17-14-11-8-5-2/h7,9-10,12,16-21,25-28,30-31,48-49,74H,4-6,8,11,13-15,22-24,29,32-47,50-73H2,1-3H3/b10-7-,12-9-,19-16-,20-17-,21-18-,28-25-,31-30-,48-26-,49-27-. The zero-order valence-electron chi connectivity index (χ0n) is 54.7. The highest BCUT2D eigenvalue weighted by molar-refractivity contribution is 5.71. The van der Waals surface area contributed by atoms with Crippen molar-refractivity contribution in [1.29, 1.82) is 0 Å². The minimum Gasteiger partial charge on any atom is -0.462 e. The molecule has 476 valence electrons. The molecule has 1 unspecified atom stereocenters. The van der Waals surface area contributed by atoms with Gasteiger partial charge in [-0.05, 0) is 122 Å². The van der Waals surface area contributed by atoms with Crippen molar-refractivity contribution in [3.05, 3.63) is 109 Å². The maximum Gasteiger partial charge on any atom is 0.306 e. The van der Waals surface area contributed by atoms with Crippen LogP contribution in [0.15, 0.2) is 109 Å². The van der Waals surface area contributed by atoms with E-state index < -0.39 is 6.10 Å². The molecule has 0 spiro atoms. The predicted octanol–water partition coefficient (Wildman–Crippen LogP) is 24.6. The zero-order chi connectivity index (χ0) is 59.9. The second kappa shape index (κ2) is 70.6. The Morgan fingerprint density at radius 2 is 0.470 bits per heavy atom. The van der Waals surface area contributed by atoms with Crippen molar-refractivity contribution >= 4 is 17.9 Å². The minimum absolute atomic E-state index is 0.0867. The highest BCUT2D eigenvalue weighted by atomic mass is 16.6. The van der Waals surface area contributed by atoms with Crippen LogP contribution < -0.4 is 0 Å². The first-order chi connectivity index (χ1) is 41.0. The maximum atomic E-state index is 12.9. The van der Waals surface area contributed by atoms with E-state index >= 15 is 0 Å². The van der Waals surface area contributed by atoms with Crippen LogP contribution in [0, 0.1) is 0 Å². The molecule has 6 heteroatoms. The number of ether oxygens (including phenoxy) is 3. The van der Waals surface area contributed by atoms with Crippen LogP contribution in [-0.2, 0) is 28.6 Å². The van der Waals surface area contributed by atoms with Crippen molar-refractivity contribution in [2.24, 2.45) is 0 Å².